The van der Waals surface area contributed by atoms with Crippen LogP contribution in [0.5, 0.6) is 11.5 Å². The van der Waals surface area contributed by atoms with Crippen molar-refractivity contribution in [1.82, 2.24) is 5.32 Å². The molecule has 1 aliphatic rings. The number of phenols is 1. The number of carbonyl (C=O) groups excluding carboxylic acids is 1. The van der Waals surface area contributed by atoms with Crippen LogP contribution in [0.3, 0.4) is 0 Å². The molecule has 0 aliphatic carbocycles. The number of hydrogen-bond donors (Lipinski definition) is 3. The van der Waals surface area contributed by atoms with Gasteiger partial charge in [-0.1, -0.05) is 36.0 Å². The molecule has 0 spiro atoms. The van der Waals surface area contributed by atoms with Gasteiger partial charge in [-0.3, -0.25) is 4.79 Å². The third-order valence-electron chi connectivity index (χ3n) is 4.21. The number of phenolic OH excluding ortho intramolecular Hbond substituents is 1. The Morgan fingerprint density at radius 1 is 1.26 bits per heavy atom. The van der Waals surface area contributed by atoms with Gasteiger partial charge in [0.2, 0.25) is 0 Å². The molecular weight excluding hydrogens is 362 g/mol. The summed E-state index contributed by atoms with van der Waals surface area (Å²) in [6.07, 6.45) is 1.92. The van der Waals surface area contributed by atoms with Gasteiger partial charge in [0, 0.05) is 11.4 Å². The van der Waals surface area contributed by atoms with Crippen molar-refractivity contribution in [2.24, 2.45) is 4.99 Å². The number of aliphatic imine (C=N–C) groups is 1. The van der Waals surface area contributed by atoms with Gasteiger partial charge < -0.3 is 20.5 Å². The van der Waals surface area contributed by atoms with Crippen molar-refractivity contribution in [1.29, 1.82) is 0 Å². The lowest BCUT2D eigenvalue weighted by atomic mass is 9.95. The number of para-hydroxylation sites is 1. The van der Waals surface area contributed by atoms with Crippen LogP contribution in [0, 0.1) is 0 Å². The summed E-state index contributed by atoms with van der Waals surface area (Å²) in [4.78, 5) is 17.7. The summed E-state index contributed by atoms with van der Waals surface area (Å²) >= 11 is 1.47. The second-order valence-electron chi connectivity index (χ2n) is 5.96. The molecule has 1 aliphatic heterocycles. The number of ether oxygens (including phenoxy) is 1. The van der Waals surface area contributed by atoms with Crippen molar-refractivity contribution in [3.05, 3.63) is 65.4 Å². The molecule has 3 rings (SSSR count). The highest BCUT2D eigenvalue weighted by molar-refractivity contribution is 8.13. The van der Waals surface area contributed by atoms with Crippen molar-refractivity contribution in [2.45, 2.75) is 13.0 Å². The maximum absolute atomic E-state index is 13.0. The van der Waals surface area contributed by atoms with E-state index < -0.39 is 6.04 Å². The van der Waals surface area contributed by atoms with E-state index in [0.717, 1.165) is 16.4 Å². The Morgan fingerprint density at radius 2 is 2.00 bits per heavy atom. The quantitative estimate of drug-likeness (QED) is 0.750. The number of amidine groups is 1. The number of amides is 1. The van der Waals surface area contributed by atoms with Gasteiger partial charge in [-0.2, -0.15) is 0 Å². The van der Waals surface area contributed by atoms with Gasteiger partial charge in [0.1, 0.15) is 6.04 Å². The first-order valence-electron chi connectivity index (χ1n) is 8.36. The summed E-state index contributed by atoms with van der Waals surface area (Å²) in [5.74, 6) is 0.153. The molecule has 140 valence electrons. The van der Waals surface area contributed by atoms with Gasteiger partial charge in [-0.05, 0) is 43.0 Å². The Morgan fingerprint density at radius 3 is 2.67 bits per heavy atom. The van der Waals surface area contributed by atoms with E-state index in [1.54, 1.807) is 18.2 Å². The van der Waals surface area contributed by atoms with Crippen molar-refractivity contribution in [3.8, 4) is 11.5 Å². The number of aromatic hydroxyl groups is 1. The number of nitrogens with zero attached hydrogens (tertiary/aromatic N) is 1. The first kappa shape index (κ1) is 18.8. The van der Waals surface area contributed by atoms with Gasteiger partial charge in [0.25, 0.3) is 5.91 Å². The zero-order valence-electron chi connectivity index (χ0n) is 15.3. The largest absolute Gasteiger partial charge is 0.504 e. The van der Waals surface area contributed by atoms with Gasteiger partial charge >= 0.3 is 0 Å². The highest BCUT2D eigenvalue weighted by Crippen LogP contribution is 2.36. The molecule has 1 unspecified atom stereocenters. The van der Waals surface area contributed by atoms with Crippen LogP contribution in [0.25, 0.3) is 0 Å². The minimum atomic E-state index is -0.507. The lowest BCUT2D eigenvalue weighted by Gasteiger charge is -2.26. The van der Waals surface area contributed by atoms with E-state index in [1.165, 1.54) is 18.9 Å². The summed E-state index contributed by atoms with van der Waals surface area (Å²) in [6, 6.07) is 13.8. The second kappa shape index (κ2) is 8.18. The molecular formula is C20H21N3O3S. The molecule has 0 fully saturated rings. The SMILES string of the molecule is COc1cc(C2N=C(SC)NC(C)=C2C(=O)Nc2ccccc2)ccc1O. The van der Waals surface area contributed by atoms with Crippen LogP contribution in [0.2, 0.25) is 0 Å². The average Bonchev–Trinajstić information content (AvgIpc) is 2.68. The van der Waals surface area contributed by atoms with E-state index in [0.29, 0.717) is 17.0 Å². The molecule has 0 saturated carbocycles. The summed E-state index contributed by atoms with van der Waals surface area (Å²) in [6.45, 7) is 1.86. The zero-order chi connectivity index (χ0) is 19.4. The van der Waals surface area contributed by atoms with E-state index >= 15 is 0 Å². The Bertz CT molecular complexity index is 910. The fourth-order valence-electron chi connectivity index (χ4n) is 2.87. The minimum absolute atomic E-state index is 0.0419. The fourth-order valence-corrected chi connectivity index (χ4v) is 3.34. The van der Waals surface area contributed by atoms with Crippen LogP contribution in [-0.4, -0.2) is 29.5 Å². The molecule has 6 nitrogen and oxygen atoms in total. The van der Waals surface area contributed by atoms with Crippen LogP contribution < -0.4 is 15.4 Å². The minimum Gasteiger partial charge on any atom is -0.504 e. The van der Waals surface area contributed by atoms with Crippen molar-refractivity contribution in [3.63, 3.8) is 0 Å². The standard InChI is InChI=1S/C20H21N3O3S/c1-12-17(19(25)22-14-7-5-4-6-8-14)18(23-20(21-12)27-3)13-9-10-15(24)16(11-13)26-2/h4-11,18,24H,1-3H3,(H,21,23)(H,22,25). The van der Waals surface area contributed by atoms with Crippen molar-refractivity contribution < 1.29 is 14.6 Å². The highest BCUT2D eigenvalue weighted by Gasteiger charge is 2.29. The fraction of sp³-hybridized carbons (Fsp3) is 0.200. The number of rotatable bonds is 4. The summed E-state index contributed by atoms with van der Waals surface area (Å²) in [5.41, 5.74) is 2.73. The monoisotopic (exact) mass is 383 g/mol. The normalized spacial score (nSPS) is 16.4. The Balaban J connectivity index is 2.00. The third-order valence-corrected chi connectivity index (χ3v) is 4.80. The molecule has 3 N–H and O–H groups in total. The van der Waals surface area contributed by atoms with Crippen LogP contribution >= 0.6 is 11.8 Å². The number of hydrogen-bond acceptors (Lipinski definition) is 6. The van der Waals surface area contributed by atoms with E-state index in [9.17, 15) is 9.90 Å². The van der Waals surface area contributed by atoms with Crippen molar-refractivity contribution in [2.75, 3.05) is 18.7 Å². The summed E-state index contributed by atoms with van der Waals surface area (Å²) in [5, 5.41) is 16.7. The Labute approximate surface area is 162 Å². The molecule has 1 atom stereocenters. The van der Waals surface area contributed by atoms with Crippen LogP contribution in [0.15, 0.2) is 64.8 Å². The molecule has 7 heteroatoms. The number of carbonyl (C=O) groups is 1. The number of benzene rings is 2. The average molecular weight is 383 g/mol. The van der Waals surface area contributed by atoms with Gasteiger partial charge in [0.05, 0.1) is 12.7 Å². The lowest BCUT2D eigenvalue weighted by Crippen LogP contribution is -2.31. The Kier molecular flexibility index (Phi) is 5.71. The zero-order valence-corrected chi connectivity index (χ0v) is 16.1. The van der Waals surface area contributed by atoms with Gasteiger partial charge in [-0.25, -0.2) is 4.99 Å². The van der Waals surface area contributed by atoms with Crippen molar-refractivity contribution >= 4 is 28.5 Å². The summed E-state index contributed by atoms with van der Waals surface area (Å²) < 4.78 is 5.21. The topological polar surface area (TPSA) is 83.0 Å². The third kappa shape index (κ3) is 4.09. The predicted molar refractivity (Wildman–Crippen MR) is 109 cm³/mol. The molecule has 1 heterocycles. The van der Waals surface area contributed by atoms with E-state index in [4.69, 9.17) is 4.74 Å². The predicted octanol–water partition coefficient (Wildman–Crippen LogP) is 3.68. The first-order chi connectivity index (χ1) is 13.0. The smallest absolute Gasteiger partial charge is 0.255 e. The maximum atomic E-state index is 13.0. The second-order valence-corrected chi connectivity index (χ2v) is 6.75. The number of thioether (sulfide) groups is 1. The number of anilines is 1. The van der Waals surface area contributed by atoms with E-state index in [2.05, 4.69) is 15.6 Å². The molecule has 0 aromatic heterocycles. The summed E-state index contributed by atoms with van der Waals surface area (Å²) in [7, 11) is 1.49. The molecule has 0 saturated heterocycles. The highest BCUT2D eigenvalue weighted by atomic mass is 32.2. The van der Waals surface area contributed by atoms with Gasteiger partial charge in [-0.15, -0.1) is 0 Å². The van der Waals surface area contributed by atoms with Crippen LogP contribution in [0.1, 0.15) is 18.5 Å². The van der Waals surface area contributed by atoms with E-state index in [1.807, 2.05) is 43.5 Å². The molecule has 1 amide bonds. The number of allylic oxidation sites excluding steroid dienone is 1. The van der Waals surface area contributed by atoms with E-state index in [-0.39, 0.29) is 11.7 Å². The molecule has 0 radical (unpaired) electrons. The lowest BCUT2D eigenvalue weighted by molar-refractivity contribution is -0.113. The first-order valence-corrected chi connectivity index (χ1v) is 9.59. The van der Waals surface area contributed by atoms with Crippen LogP contribution in [0.4, 0.5) is 5.69 Å². The molecule has 2 aromatic carbocycles. The number of nitrogens with one attached hydrogen (secondary N) is 2. The Hall–Kier alpha value is -2.93. The molecule has 27 heavy (non-hydrogen) atoms. The van der Waals surface area contributed by atoms with Crippen LogP contribution in [-0.2, 0) is 4.79 Å². The maximum Gasteiger partial charge on any atom is 0.255 e. The molecule has 2 aromatic rings. The van der Waals surface area contributed by atoms with Gasteiger partial charge in [0.15, 0.2) is 16.7 Å². The molecule has 0 bridgehead atoms. The number of methoxy groups -OCH3 is 1.